The minimum absolute atomic E-state index is 0.0770. The van der Waals surface area contributed by atoms with Crippen molar-refractivity contribution in [1.82, 2.24) is 0 Å². The highest BCUT2D eigenvalue weighted by Crippen LogP contribution is 2.26. The minimum Gasteiger partial charge on any atom is -0.462 e. The normalized spacial score (nSPS) is 26.8. The van der Waals surface area contributed by atoms with E-state index >= 15 is 0 Å². The molecule has 4 heteroatoms. The third kappa shape index (κ3) is 2.46. The lowest BCUT2D eigenvalue weighted by molar-refractivity contribution is -0.146. The zero-order valence-corrected chi connectivity index (χ0v) is 7.21. The van der Waals surface area contributed by atoms with Crippen LogP contribution in [0.15, 0.2) is 0 Å². The molecular formula is C8H14O4. The van der Waals surface area contributed by atoms with Crippen LogP contribution in [0.25, 0.3) is 0 Å². The topological polar surface area (TPSA) is 59.1 Å². The number of epoxide rings is 1. The Balaban J connectivity index is 2.12. The lowest BCUT2D eigenvalue weighted by Gasteiger charge is -2.08. The summed E-state index contributed by atoms with van der Waals surface area (Å²) in [4.78, 5) is 10.9. The van der Waals surface area contributed by atoms with E-state index in [1.807, 2.05) is 6.92 Å². The summed E-state index contributed by atoms with van der Waals surface area (Å²) in [6.45, 7) is 2.51. The largest absolute Gasteiger partial charge is 0.462 e. The number of esters is 1. The van der Waals surface area contributed by atoms with Crippen LogP contribution in [0, 0.1) is 0 Å². The Morgan fingerprint density at radius 2 is 2.42 bits per heavy atom. The quantitative estimate of drug-likeness (QED) is 0.474. The predicted octanol–water partition coefficient (Wildman–Crippen LogP) is 0.0910. The van der Waals surface area contributed by atoms with E-state index in [-0.39, 0.29) is 19.2 Å². The predicted molar refractivity (Wildman–Crippen MR) is 41.6 cm³/mol. The summed E-state index contributed by atoms with van der Waals surface area (Å²) >= 11 is 0. The van der Waals surface area contributed by atoms with Gasteiger partial charge in [0.2, 0.25) is 0 Å². The zero-order chi connectivity index (χ0) is 9.03. The maximum absolute atomic E-state index is 10.9. The molecule has 1 saturated heterocycles. The van der Waals surface area contributed by atoms with E-state index in [9.17, 15) is 4.79 Å². The number of carbonyl (C=O) groups is 1. The monoisotopic (exact) mass is 174 g/mol. The molecule has 1 N–H and O–H groups in total. The average molecular weight is 174 g/mol. The van der Waals surface area contributed by atoms with Gasteiger partial charge in [0, 0.05) is 6.42 Å². The Labute approximate surface area is 71.5 Å². The molecule has 0 aromatic carbocycles. The molecule has 1 fully saturated rings. The standard InChI is InChI=1S/C8H14O4/c1-2-3-7(10)11-5-8(4-9)6-12-8/h9H,2-6H2,1H3/t8-/m0/s1. The fourth-order valence-corrected chi connectivity index (χ4v) is 0.811. The second-order valence-electron chi connectivity index (χ2n) is 3.04. The summed E-state index contributed by atoms with van der Waals surface area (Å²) in [6, 6.07) is 0. The van der Waals surface area contributed by atoms with Gasteiger partial charge in [0.1, 0.15) is 12.2 Å². The van der Waals surface area contributed by atoms with Gasteiger partial charge in [-0.15, -0.1) is 0 Å². The molecule has 0 aromatic heterocycles. The molecule has 70 valence electrons. The van der Waals surface area contributed by atoms with Gasteiger partial charge in [-0.2, -0.15) is 0 Å². The van der Waals surface area contributed by atoms with Crippen molar-refractivity contribution in [3.05, 3.63) is 0 Å². The Morgan fingerprint density at radius 3 is 2.83 bits per heavy atom. The number of ether oxygens (including phenoxy) is 2. The van der Waals surface area contributed by atoms with Crippen LogP contribution in [-0.4, -0.2) is 36.5 Å². The molecule has 0 unspecified atom stereocenters. The summed E-state index contributed by atoms with van der Waals surface area (Å²) in [5.41, 5.74) is -0.566. The van der Waals surface area contributed by atoms with Crippen molar-refractivity contribution in [2.75, 3.05) is 19.8 Å². The van der Waals surface area contributed by atoms with Gasteiger partial charge >= 0.3 is 5.97 Å². The summed E-state index contributed by atoms with van der Waals surface area (Å²) in [5, 5.41) is 8.78. The van der Waals surface area contributed by atoms with E-state index in [1.165, 1.54) is 0 Å². The summed E-state index contributed by atoms with van der Waals surface area (Å²) in [5.74, 6) is -0.221. The first-order valence-electron chi connectivity index (χ1n) is 4.13. The van der Waals surface area contributed by atoms with Crippen LogP contribution >= 0.6 is 0 Å². The first-order chi connectivity index (χ1) is 5.72. The molecule has 0 aliphatic carbocycles. The Kier molecular flexibility index (Phi) is 3.05. The van der Waals surface area contributed by atoms with Gasteiger partial charge in [-0.05, 0) is 6.42 Å². The van der Waals surface area contributed by atoms with Crippen LogP contribution in [0.5, 0.6) is 0 Å². The van der Waals surface area contributed by atoms with E-state index in [4.69, 9.17) is 14.6 Å². The van der Waals surface area contributed by atoms with Crippen LogP contribution < -0.4 is 0 Å². The summed E-state index contributed by atoms with van der Waals surface area (Å²) in [6.07, 6.45) is 1.22. The smallest absolute Gasteiger partial charge is 0.305 e. The van der Waals surface area contributed by atoms with Crippen molar-refractivity contribution in [2.45, 2.75) is 25.4 Å². The maximum Gasteiger partial charge on any atom is 0.305 e. The lowest BCUT2D eigenvalue weighted by atomic mass is 10.2. The zero-order valence-electron chi connectivity index (χ0n) is 7.21. The molecule has 1 aliphatic rings. The second kappa shape index (κ2) is 3.87. The fourth-order valence-electron chi connectivity index (χ4n) is 0.811. The summed E-state index contributed by atoms with van der Waals surface area (Å²) < 4.78 is 9.82. The summed E-state index contributed by atoms with van der Waals surface area (Å²) in [7, 11) is 0. The second-order valence-corrected chi connectivity index (χ2v) is 3.04. The van der Waals surface area contributed by atoms with Crippen molar-refractivity contribution in [2.24, 2.45) is 0 Å². The molecule has 0 amide bonds. The van der Waals surface area contributed by atoms with Gasteiger partial charge in [0.05, 0.1) is 13.2 Å². The third-order valence-electron chi connectivity index (χ3n) is 1.79. The van der Waals surface area contributed by atoms with Crippen molar-refractivity contribution in [3.63, 3.8) is 0 Å². The number of hydrogen-bond acceptors (Lipinski definition) is 4. The van der Waals surface area contributed by atoms with Crippen molar-refractivity contribution >= 4 is 5.97 Å². The van der Waals surface area contributed by atoms with Gasteiger partial charge in [-0.25, -0.2) is 0 Å². The van der Waals surface area contributed by atoms with Gasteiger partial charge in [0.15, 0.2) is 0 Å². The van der Waals surface area contributed by atoms with Gasteiger partial charge in [-0.1, -0.05) is 6.92 Å². The van der Waals surface area contributed by atoms with E-state index < -0.39 is 5.60 Å². The van der Waals surface area contributed by atoms with Crippen LogP contribution in [0.1, 0.15) is 19.8 Å². The van der Waals surface area contributed by atoms with Crippen molar-refractivity contribution in [1.29, 1.82) is 0 Å². The molecule has 4 nitrogen and oxygen atoms in total. The molecule has 0 spiro atoms. The Bertz CT molecular complexity index is 162. The molecule has 1 heterocycles. The van der Waals surface area contributed by atoms with Crippen molar-refractivity contribution in [3.8, 4) is 0 Å². The highest BCUT2D eigenvalue weighted by molar-refractivity contribution is 5.69. The molecular weight excluding hydrogens is 160 g/mol. The molecule has 0 bridgehead atoms. The van der Waals surface area contributed by atoms with Gasteiger partial charge in [0.25, 0.3) is 0 Å². The van der Waals surface area contributed by atoms with E-state index in [0.29, 0.717) is 13.0 Å². The van der Waals surface area contributed by atoms with Crippen LogP contribution in [0.3, 0.4) is 0 Å². The maximum atomic E-state index is 10.9. The molecule has 1 rings (SSSR count). The number of hydrogen-bond donors (Lipinski definition) is 1. The van der Waals surface area contributed by atoms with Crippen LogP contribution in [0.2, 0.25) is 0 Å². The highest BCUT2D eigenvalue weighted by atomic mass is 16.6. The molecule has 0 aromatic rings. The van der Waals surface area contributed by atoms with E-state index in [1.54, 1.807) is 0 Å². The molecule has 1 aliphatic heterocycles. The van der Waals surface area contributed by atoms with E-state index in [0.717, 1.165) is 6.42 Å². The Hall–Kier alpha value is -0.610. The highest BCUT2D eigenvalue weighted by Gasteiger charge is 2.45. The fraction of sp³-hybridized carbons (Fsp3) is 0.875. The SMILES string of the molecule is CCCC(=O)OC[C@@]1(CO)CO1. The average Bonchev–Trinajstić information content (AvgIpc) is 2.82. The van der Waals surface area contributed by atoms with Gasteiger partial charge in [-0.3, -0.25) is 4.79 Å². The number of rotatable bonds is 5. The first kappa shape index (κ1) is 9.48. The minimum atomic E-state index is -0.566. The molecule has 1 atom stereocenters. The molecule has 12 heavy (non-hydrogen) atoms. The van der Waals surface area contributed by atoms with Crippen molar-refractivity contribution < 1.29 is 19.4 Å². The number of aliphatic hydroxyl groups is 1. The third-order valence-corrected chi connectivity index (χ3v) is 1.79. The molecule has 0 radical (unpaired) electrons. The Morgan fingerprint density at radius 1 is 1.75 bits per heavy atom. The molecule has 0 saturated carbocycles. The van der Waals surface area contributed by atoms with E-state index in [2.05, 4.69) is 0 Å². The number of carbonyl (C=O) groups excluding carboxylic acids is 1. The number of aliphatic hydroxyl groups excluding tert-OH is 1. The van der Waals surface area contributed by atoms with Crippen LogP contribution in [-0.2, 0) is 14.3 Å². The lowest BCUT2D eigenvalue weighted by Crippen LogP contribution is -2.25. The first-order valence-corrected chi connectivity index (χ1v) is 4.13. The van der Waals surface area contributed by atoms with Gasteiger partial charge < -0.3 is 14.6 Å². The van der Waals surface area contributed by atoms with Crippen LogP contribution in [0.4, 0.5) is 0 Å².